The summed E-state index contributed by atoms with van der Waals surface area (Å²) in [4.78, 5) is 15.4. The van der Waals surface area contributed by atoms with Crippen molar-refractivity contribution >= 4 is 11.6 Å². The molecule has 2 heterocycles. The first-order chi connectivity index (χ1) is 15.0. The van der Waals surface area contributed by atoms with Gasteiger partial charge in [0.1, 0.15) is 13.2 Å². The van der Waals surface area contributed by atoms with E-state index >= 15 is 0 Å². The smallest absolute Gasteiger partial charge is 0.238 e. The van der Waals surface area contributed by atoms with Crippen LogP contribution in [0.1, 0.15) is 60.9 Å². The summed E-state index contributed by atoms with van der Waals surface area (Å²) in [5, 5.41) is 3.17. The molecule has 1 spiro atoms. The Morgan fingerprint density at radius 2 is 1.74 bits per heavy atom. The maximum absolute atomic E-state index is 13.1. The highest BCUT2D eigenvalue weighted by Gasteiger charge is 2.45. The largest absolute Gasteiger partial charge is 0.486 e. The number of fused-ring (bicyclic) bond motifs is 3. The fourth-order valence-electron chi connectivity index (χ4n) is 5.76. The van der Waals surface area contributed by atoms with Crippen molar-refractivity contribution in [3.8, 4) is 11.5 Å². The molecule has 0 aromatic heterocycles. The number of hydrogen-bond acceptors (Lipinski definition) is 4. The number of anilines is 1. The van der Waals surface area contributed by atoms with Crippen molar-refractivity contribution in [1.82, 2.24) is 4.90 Å². The van der Waals surface area contributed by atoms with Crippen LogP contribution in [0.4, 0.5) is 5.69 Å². The van der Waals surface area contributed by atoms with E-state index in [0.717, 1.165) is 34.9 Å². The lowest BCUT2D eigenvalue weighted by molar-refractivity contribution is -0.118. The molecule has 5 rings (SSSR count). The maximum atomic E-state index is 13.1. The van der Waals surface area contributed by atoms with Gasteiger partial charge in [0.15, 0.2) is 11.5 Å². The van der Waals surface area contributed by atoms with Crippen molar-refractivity contribution in [3.05, 3.63) is 52.6 Å². The summed E-state index contributed by atoms with van der Waals surface area (Å²) in [6, 6.07) is 10.7. The number of amides is 1. The predicted molar refractivity (Wildman–Crippen MR) is 122 cm³/mol. The molecule has 1 N–H and O–H groups in total. The van der Waals surface area contributed by atoms with E-state index < -0.39 is 0 Å². The monoisotopic (exact) mass is 420 g/mol. The summed E-state index contributed by atoms with van der Waals surface area (Å²) in [5.41, 5.74) is 5.94. The number of para-hydroxylation sites is 1. The number of rotatable bonds is 3. The van der Waals surface area contributed by atoms with Gasteiger partial charge in [-0.25, -0.2) is 0 Å². The minimum Gasteiger partial charge on any atom is -0.486 e. The Hall–Kier alpha value is -2.53. The van der Waals surface area contributed by atoms with Gasteiger partial charge in [0.05, 0.1) is 6.54 Å². The average molecular weight is 421 g/mol. The number of aryl methyl sites for hydroxylation is 2. The number of nitrogens with one attached hydrogen (secondary N) is 1. The third-order valence-electron chi connectivity index (χ3n) is 7.44. The molecular formula is C26H32N2O3. The molecule has 5 nitrogen and oxygen atoms in total. The summed E-state index contributed by atoms with van der Waals surface area (Å²) in [6.07, 6.45) is 4.82. The van der Waals surface area contributed by atoms with E-state index in [9.17, 15) is 4.79 Å². The number of carbonyl (C=O) groups is 1. The van der Waals surface area contributed by atoms with Crippen LogP contribution >= 0.6 is 0 Å². The van der Waals surface area contributed by atoms with Crippen LogP contribution in [0.15, 0.2) is 30.3 Å². The number of ether oxygens (including phenoxy) is 2. The van der Waals surface area contributed by atoms with Gasteiger partial charge >= 0.3 is 0 Å². The van der Waals surface area contributed by atoms with Crippen molar-refractivity contribution in [2.45, 2.75) is 57.9 Å². The highest BCUT2D eigenvalue weighted by Crippen LogP contribution is 2.51. The number of carbonyl (C=O) groups excluding carboxylic acids is 1. The first kappa shape index (κ1) is 20.4. The Morgan fingerprint density at radius 1 is 1.10 bits per heavy atom. The number of hydrogen-bond donors (Lipinski definition) is 1. The van der Waals surface area contributed by atoms with E-state index in [4.69, 9.17) is 9.47 Å². The van der Waals surface area contributed by atoms with Crippen molar-refractivity contribution in [1.29, 1.82) is 0 Å². The van der Waals surface area contributed by atoms with E-state index in [2.05, 4.69) is 29.3 Å². The second-order valence-electron chi connectivity index (χ2n) is 9.47. The van der Waals surface area contributed by atoms with E-state index in [-0.39, 0.29) is 17.4 Å². The molecule has 31 heavy (non-hydrogen) atoms. The van der Waals surface area contributed by atoms with Gasteiger partial charge in [-0.05, 0) is 68.0 Å². The SMILES string of the molecule is Cc1cccc(C)c1NC(=O)CN1CC2(CCCC2)c2cc3c(cc2C1C)OCCO3. The van der Waals surface area contributed by atoms with Crippen LogP contribution in [-0.4, -0.2) is 37.1 Å². The van der Waals surface area contributed by atoms with E-state index in [0.29, 0.717) is 19.8 Å². The van der Waals surface area contributed by atoms with E-state index in [1.807, 2.05) is 32.0 Å². The molecule has 1 aliphatic carbocycles. The Balaban J connectivity index is 1.44. The van der Waals surface area contributed by atoms with Gasteiger partial charge in [0, 0.05) is 23.7 Å². The maximum Gasteiger partial charge on any atom is 0.238 e. The molecule has 3 aliphatic rings. The molecule has 0 saturated heterocycles. The molecule has 1 atom stereocenters. The fourth-order valence-corrected chi connectivity index (χ4v) is 5.76. The third-order valence-corrected chi connectivity index (χ3v) is 7.44. The molecule has 2 aromatic rings. The Kier molecular flexibility index (Phi) is 5.17. The van der Waals surface area contributed by atoms with Gasteiger partial charge in [-0.15, -0.1) is 0 Å². The van der Waals surface area contributed by atoms with E-state index in [1.165, 1.54) is 36.8 Å². The zero-order valence-corrected chi connectivity index (χ0v) is 18.8. The summed E-state index contributed by atoms with van der Waals surface area (Å²) < 4.78 is 11.8. The summed E-state index contributed by atoms with van der Waals surface area (Å²) in [6.45, 7) is 8.81. The van der Waals surface area contributed by atoms with Gasteiger partial charge < -0.3 is 14.8 Å². The summed E-state index contributed by atoms with van der Waals surface area (Å²) in [5.74, 6) is 1.77. The molecule has 0 bridgehead atoms. The molecule has 1 unspecified atom stereocenters. The van der Waals surface area contributed by atoms with Crippen molar-refractivity contribution in [2.75, 3.05) is 31.6 Å². The number of benzene rings is 2. The third kappa shape index (κ3) is 3.59. The minimum atomic E-state index is 0.0541. The van der Waals surface area contributed by atoms with Crippen molar-refractivity contribution < 1.29 is 14.3 Å². The minimum absolute atomic E-state index is 0.0541. The topological polar surface area (TPSA) is 50.8 Å². The van der Waals surface area contributed by atoms with Crippen molar-refractivity contribution in [2.24, 2.45) is 0 Å². The zero-order chi connectivity index (χ0) is 21.6. The van der Waals surface area contributed by atoms with Crippen LogP contribution in [0.2, 0.25) is 0 Å². The molecule has 2 aliphatic heterocycles. The standard InChI is InChI=1S/C26H32N2O3/c1-17-7-6-8-18(2)25(17)27-24(29)15-28-16-26(9-4-5-10-26)21-14-23-22(30-11-12-31-23)13-20(21)19(28)3/h6-8,13-14,19H,4-5,9-12,15-16H2,1-3H3,(H,27,29). The van der Waals surface area contributed by atoms with Gasteiger partial charge in [-0.3, -0.25) is 9.69 Å². The lowest BCUT2D eigenvalue weighted by Gasteiger charge is -2.46. The summed E-state index contributed by atoms with van der Waals surface area (Å²) in [7, 11) is 0. The Labute approximate surface area is 184 Å². The molecular weight excluding hydrogens is 388 g/mol. The molecule has 1 fully saturated rings. The normalized spacial score (nSPS) is 21.7. The second-order valence-corrected chi connectivity index (χ2v) is 9.47. The van der Waals surface area contributed by atoms with Gasteiger partial charge in [0.2, 0.25) is 5.91 Å². The second kappa shape index (κ2) is 7.86. The molecule has 164 valence electrons. The highest BCUT2D eigenvalue weighted by atomic mass is 16.6. The highest BCUT2D eigenvalue weighted by molar-refractivity contribution is 5.93. The van der Waals surface area contributed by atoms with Crippen LogP contribution in [0.3, 0.4) is 0 Å². The quantitative estimate of drug-likeness (QED) is 0.767. The van der Waals surface area contributed by atoms with E-state index in [1.54, 1.807) is 0 Å². The zero-order valence-electron chi connectivity index (χ0n) is 18.8. The molecule has 5 heteroatoms. The lowest BCUT2D eigenvalue weighted by Crippen LogP contribution is -2.48. The van der Waals surface area contributed by atoms with Crippen LogP contribution in [0.5, 0.6) is 11.5 Å². The lowest BCUT2D eigenvalue weighted by atomic mass is 9.71. The fraction of sp³-hybridized carbons (Fsp3) is 0.500. The van der Waals surface area contributed by atoms with Gasteiger partial charge in [-0.2, -0.15) is 0 Å². The first-order valence-electron chi connectivity index (χ1n) is 11.5. The Bertz CT molecular complexity index is 990. The van der Waals surface area contributed by atoms with Crippen LogP contribution < -0.4 is 14.8 Å². The predicted octanol–water partition coefficient (Wildman–Crippen LogP) is 4.90. The van der Waals surface area contributed by atoms with Gasteiger partial charge in [0.25, 0.3) is 0 Å². The summed E-state index contributed by atoms with van der Waals surface area (Å²) >= 11 is 0. The Morgan fingerprint density at radius 3 is 2.42 bits per heavy atom. The van der Waals surface area contributed by atoms with Crippen LogP contribution in [0, 0.1) is 13.8 Å². The first-order valence-corrected chi connectivity index (χ1v) is 11.5. The molecule has 2 aromatic carbocycles. The van der Waals surface area contributed by atoms with Crippen molar-refractivity contribution in [3.63, 3.8) is 0 Å². The van der Waals surface area contributed by atoms with Crippen LogP contribution in [-0.2, 0) is 10.2 Å². The molecule has 0 radical (unpaired) electrons. The molecule has 1 amide bonds. The van der Waals surface area contributed by atoms with Gasteiger partial charge in [-0.1, -0.05) is 31.0 Å². The molecule has 1 saturated carbocycles. The van der Waals surface area contributed by atoms with Crippen LogP contribution in [0.25, 0.3) is 0 Å². The average Bonchev–Trinajstić information content (AvgIpc) is 3.23. The number of nitrogens with zero attached hydrogens (tertiary/aromatic N) is 1.